The van der Waals surface area contributed by atoms with Crippen molar-refractivity contribution in [3.8, 4) is 5.75 Å². The molecule has 0 saturated heterocycles. The van der Waals surface area contributed by atoms with Gasteiger partial charge in [0.2, 0.25) is 0 Å². The highest BCUT2D eigenvalue weighted by atomic mass is 16.5. The van der Waals surface area contributed by atoms with Crippen LogP contribution in [0.15, 0.2) is 35.4 Å². The Morgan fingerprint density at radius 3 is 2.56 bits per heavy atom. The molecule has 1 aromatic carbocycles. The fraction of sp³-hybridized carbons (Fsp3) is 0.400. The third kappa shape index (κ3) is 4.95. The molecule has 25 heavy (non-hydrogen) atoms. The number of ether oxygens (including phenoxy) is 1. The molecule has 1 aromatic heterocycles. The smallest absolute Gasteiger partial charge is 0.271 e. The highest BCUT2D eigenvalue weighted by molar-refractivity contribution is 5.95. The molecule has 1 heterocycles. The number of carbonyl (C=O) groups excluding carboxylic acids is 1. The molecule has 0 unspecified atom stereocenters. The zero-order valence-corrected chi connectivity index (χ0v) is 15.7. The van der Waals surface area contributed by atoms with Crippen LogP contribution in [-0.2, 0) is 6.54 Å². The Morgan fingerprint density at radius 2 is 1.96 bits per heavy atom. The Hall–Kier alpha value is -2.56. The zero-order chi connectivity index (χ0) is 18.4. The van der Waals surface area contributed by atoms with Crippen molar-refractivity contribution in [3.63, 3.8) is 0 Å². The highest BCUT2D eigenvalue weighted by Crippen LogP contribution is 2.15. The number of nitrogens with zero attached hydrogens (tertiary/aromatic N) is 2. The van der Waals surface area contributed by atoms with Gasteiger partial charge in [0.25, 0.3) is 5.91 Å². The summed E-state index contributed by atoms with van der Waals surface area (Å²) in [7, 11) is 0. The highest BCUT2D eigenvalue weighted by Gasteiger charge is 2.09. The second-order valence-corrected chi connectivity index (χ2v) is 6.49. The number of hydrazone groups is 1. The number of rotatable bonds is 7. The van der Waals surface area contributed by atoms with Crippen LogP contribution < -0.4 is 10.2 Å². The largest absolute Gasteiger partial charge is 0.494 e. The molecule has 0 radical (unpaired) electrons. The van der Waals surface area contributed by atoms with Crippen LogP contribution in [0.3, 0.4) is 0 Å². The minimum atomic E-state index is -0.240. The predicted octanol–water partition coefficient (Wildman–Crippen LogP) is 3.92. The van der Waals surface area contributed by atoms with Crippen LogP contribution in [0.25, 0.3) is 0 Å². The summed E-state index contributed by atoms with van der Waals surface area (Å²) in [4.78, 5) is 12.1. The second kappa shape index (κ2) is 8.51. The molecule has 2 rings (SSSR count). The van der Waals surface area contributed by atoms with Crippen LogP contribution in [-0.4, -0.2) is 23.3 Å². The van der Waals surface area contributed by atoms with Crippen molar-refractivity contribution in [2.24, 2.45) is 11.0 Å². The van der Waals surface area contributed by atoms with Gasteiger partial charge < -0.3 is 9.30 Å². The fourth-order valence-corrected chi connectivity index (χ4v) is 2.70. The van der Waals surface area contributed by atoms with Crippen LogP contribution in [0.4, 0.5) is 0 Å². The summed E-state index contributed by atoms with van der Waals surface area (Å²) in [6, 6.07) is 9.10. The maximum atomic E-state index is 12.1. The standard InChI is InChI=1S/C20H27N3O2/c1-6-25-19-9-7-17(8-10-19)20(24)22-21-12-18-11-15(4)23(16(18)5)13-14(2)3/h7-12,14H,6,13H2,1-5H3,(H,22,24)/b21-12+. The lowest BCUT2D eigenvalue weighted by Gasteiger charge is -2.11. The summed E-state index contributed by atoms with van der Waals surface area (Å²) < 4.78 is 7.65. The lowest BCUT2D eigenvalue weighted by Crippen LogP contribution is -2.17. The van der Waals surface area contributed by atoms with E-state index in [0.717, 1.165) is 23.6 Å². The average molecular weight is 341 g/mol. The van der Waals surface area contributed by atoms with E-state index >= 15 is 0 Å². The van der Waals surface area contributed by atoms with Gasteiger partial charge in [0.1, 0.15) is 5.75 Å². The summed E-state index contributed by atoms with van der Waals surface area (Å²) in [6.45, 7) is 12.1. The van der Waals surface area contributed by atoms with Gasteiger partial charge in [-0.2, -0.15) is 5.10 Å². The number of aryl methyl sites for hydroxylation is 1. The van der Waals surface area contributed by atoms with E-state index in [1.54, 1.807) is 30.5 Å². The van der Waals surface area contributed by atoms with E-state index in [2.05, 4.69) is 48.9 Å². The monoisotopic (exact) mass is 341 g/mol. The molecular weight excluding hydrogens is 314 g/mol. The maximum absolute atomic E-state index is 12.1. The quantitative estimate of drug-likeness (QED) is 0.613. The Balaban J connectivity index is 2.02. The molecule has 0 spiro atoms. The normalized spacial score (nSPS) is 11.3. The first kappa shape index (κ1) is 18.8. The molecule has 0 atom stereocenters. The topological polar surface area (TPSA) is 55.6 Å². The SMILES string of the molecule is CCOc1ccc(C(=O)N/N=C/c2cc(C)n(CC(C)C)c2C)cc1. The number of aromatic nitrogens is 1. The minimum Gasteiger partial charge on any atom is -0.494 e. The van der Waals surface area contributed by atoms with E-state index in [9.17, 15) is 4.79 Å². The van der Waals surface area contributed by atoms with Crippen molar-refractivity contribution in [2.75, 3.05) is 6.61 Å². The number of amides is 1. The average Bonchev–Trinajstić information content (AvgIpc) is 2.83. The van der Waals surface area contributed by atoms with E-state index in [0.29, 0.717) is 18.1 Å². The molecule has 0 fully saturated rings. The Morgan fingerprint density at radius 1 is 1.28 bits per heavy atom. The maximum Gasteiger partial charge on any atom is 0.271 e. The Kier molecular flexibility index (Phi) is 6.39. The Labute approximate surface area is 149 Å². The van der Waals surface area contributed by atoms with Crippen molar-refractivity contribution < 1.29 is 9.53 Å². The second-order valence-electron chi connectivity index (χ2n) is 6.49. The molecular formula is C20H27N3O2. The molecule has 134 valence electrons. The van der Waals surface area contributed by atoms with Gasteiger partial charge >= 0.3 is 0 Å². The van der Waals surface area contributed by atoms with Crippen molar-refractivity contribution in [1.29, 1.82) is 0 Å². The lowest BCUT2D eigenvalue weighted by atomic mass is 10.2. The molecule has 0 aliphatic heterocycles. The molecule has 5 nitrogen and oxygen atoms in total. The molecule has 2 aromatic rings. The van der Waals surface area contributed by atoms with Gasteiger partial charge in [-0.3, -0.25) is 4.79 Å². The molecule has 5 heteroatoms. The van der Waals surface area contributed by atoms with E-state index in [1.165, 1.54) is 5.69 Å². The first-order valence-electron chi connectivity index (χ1n) is 8.65. The van der Waals surface area contributed by atoms with Crippen molar-refractivity contribution in [3.05, 3.63) is 52.8 Å². The fourth-order valence-electron chi connectivity index (χ4n) is 2.70. The van der Waals surface area contributed by atoms with Gasteiger partial charge in [0.05, 0.1) is 12.8 Å². The first-order valence-corrected chi connectivity index (χ1v) is 8.65. The van der Waals surface area contributed by atoms with Gasteiger partial charge in [0.15, 0.2) is 0 Å². The van der Waals surface area contributed by atoms with E-state index in [-0.39, 0.29) is 5.91 Å². The Bertz CT molecular complexity index is 743. The van der Waals surface area contributed by atoms with Crippen molar-refractivity contribution in [2.45, 2.75) is 41.2 Å². The van der Waals surface area contributed by atoms with Crippen LogP contribution in [0, 0.1) is 19.8 Å². The third-order valence-corrected chi connectivity index (χ3v) is 3.96. The van der Waals surface area contributed by atoms with Crippen molar-refractivity contribution in [1.82, 2.24) is 9.99 Å². The lowest BCUT2D eigenvalue weighted by molar-refractivity contribution is 0.0955. The van der Waals surface area contributed by atoms with Gasteiger partial charge in [-0.15, -0.1) is 0 Å². The van der Waals surface area contributed by atoms with Gasteiger partial charge in [-0.1, -0.05) is 13.8 Å². The molecule has 0 bridgehead atoms. The van der Waals surface area contributed by atoms with Crippen molar-refractivity contribution >= 4 is 12.1 Å². The first-order chi connectivity index (χ1) is 11.9. The van der Waals surface area contributed by atoms with Crippen LogP contribution >= 0.6 is 0 Å². The summed E-state index contributed by atoms with van der Waals surface area (Å²) >= 11 is 0. The summed E-state index contributed by atoms with van der Waals surface area (Å²) in [5, 5.41) is 4.10. The summed E-state index contributed by atoms with van der Waals surface area (Å²) in [6.07, 6.45) is 1.70. The molecule has 0 aliphatic rings. The third-order valence-electron chi connectivity index (χ3n) is 3.96. The summed E-state index contributed by atoms with van der Waals surface area (Å²) in [5.41, 5.74) is 6.50. The minimum absolute atomic E-state index is 0.240. The van der Waals surface area contributed by atoms with Gasteiger partial charge in [-0.25, -0.2) is 5.43 Å². The van der Waals surface area contributed by atoms with Crippen LogP contribution in [0.5, 0.6) is 5.75 Å². The number of benzene rings is 1. The molecule has 1 amide bonds. The number of carbonyl (C=O) groups is 1. The predicted molar refractivity (Wildman–Crippen MR) is 101 cm³/mol. The number of hydrogen-bond donors (Lipinski definition) is 1. The molecule has 0 aliphatic carbocycles. The van der Waals surface area contributed by atoms with Crippen LogP contribution in [0.1, 0.15) is 48.1 Å². The van der Waals surface area contributed by atoms with Crippen LogP contribution in [0.2, 0.25) is 0 Å². The van der Waals surface area contributed by atoms with E-state index in [4.69, 9.17) is 4.74 Å². The van der Waals surface area contributed by atoms with Gasteiger partial charge in [0, 0.05) is 29.1 Å². The summed E-state index contributed by atoms with van der Waals surface area (Å²) in [5.74, 6) is 1.09. The van der Waals surface area contributed by atoms with E-state index in [1.807, 2.05) is 6.92 Å². The van der Waals surface area contributed by atoms with Gasteiger partial charge in [-0.05, 0) is 57.0 Å². The molecule has 0 saturated carbocycles. The molecule has 1 N–H and O–H groups in total. The van der Waals surface area contributed by atoms with E-state index < -0.39 is 0 Å². The zero-order valence-electron chi connectivity index (χ0n) is 15.7. The number of hydrogen-bond acceptors (Lipinski definition) is 3. The number of nitrogens with one attached hydrogen (secondary N) is 1.